The molecule has 0 fully saturated rings. The molecule has 0 saturated carbocycles. The molecule has 1 aliphatic rings. The monoisotopic (exact) mass is 342 g/mol. The van der Waals surface area contributed by atoms with E-state index in [-0.39, 0.29) is 13.4 Å². The molecule has 0 aliphatic carbocycles. The molecule has 2 aromatic rings. The second-order valence-corrected chi connectivity index (χ2v) is 5.61. The lowest BCUT2D eigenvalue weighted by Gasteiger charge is -2.08. The van der Waals surface area contributed by atoms with Gasteiger partial charge in [0.15, 0.2) is 18.1 Å². The molecular weight excluding hydrogens is 324 g/mol. The molecule has 0 saturated heterocycles. The molecular formula is C18H18N2O5. The fraction of sp³-hybridized carbons (Fsp3) is 0.222. The van der Waals surface area contributed by atoms with Crippen molar-refractivity contribution in [2.24, 2.45) is 0 Å². The maximum absolute atomic E-state index is 11.9. The van der Waals surface area contributed by atoms with Gasteiger partial charge < -0.3 is 25.3 Å². The summed E-state index contributed by atoms with van der Waals surface area (Å²) < 4.78 is 15.5. The first-order valence-electron chi connectivity index (χ1n) is 7.71. The van der Waals surface area contributed by atoms with E-state index in [0.29, 0.717) is 29.3 Å². The Kier molecular flexibility index (Phi) is 4.74. The van der Waals surface area contributed by atoms with Crippen molar-refractivity contribution >= 4 is 17.6 Å². The van der Waals surface area contributed by atoms with Crippen LogP contribution in [0.5, 0.6) is 11.5 Å². The van der Waals surface area contributed by atoms with Crippen molar-refractivity contribution in [2.45, 2.75) is 13.5 Å². The van der Waals surface area contributed by atoms with Gasteiger partial charge in [0.1, 0.15) is 0 Å². The summed E-state index contributed by atoms with van der Waals surface area (Å²) in [5.74, 6) is 0.340. The van der Waals surface area contributed by atoms with Gasteiger partial charge in [-0.05, 0) is 42.3 Å². The second kappa shape index (κ2) is 7.12. The number of ether oxygens (including phenoxy) is 3. The van der Waals surface area contributed by atoms with Gasteiger partial charge in [0, 0.05) is 12.2 Å². The van der Waals surface area contributed by atoms with Crippen molar-refractivity contribution in [3.63, 3.8) is 0 Å². The minimum atomic E-state index is -0.593. The van der Waals surface area contributed by atoms with E-state index >= 15 is 0 Å². The van der Waals surface area contributed by atoms with Crippen LogP contribution in [0.15, 0.2) is 36.4 Å². The van der Waals surface area contributed by atoms with Gasteiger partial charge in [-0.25, -0.2) is 4.79 Å². The number of aryl methyl sites for hydroxylation is 1. The Labute approximate surface area is 144 Å². The van der Waals surface area contributed by atoms with Crippen molar-refractivity contribution < 1.29 is 23.8 Å². The molecule has 7 heteroatoms. The summed E-state index contributed by atoms with van der Waals surface area (Å²) in [5.41, 5.74) is 8.30. The topological polar surface area (TPSA) is 99.9 Å². The Balaban J connectivity index is 1.47. The Morgan fingerprint density at radius 2 is 1.96 bits per heavy atom. The lowest BCUT2D eigenvalue weighted by Crippen LogP contribution is -2.28. The van der Waals surface area contributed by atoms with Gasteiger partial charge in [-0.1, -0.05) is 12.1 Å². The Hall–Kier alpha value is -3.22. The number of rotatable bonds is 5. The van der Waals surface area contributed by atoms with Gasteiger partial charge in [-0.15, -0.1) is 0 Å². The average Bonchev–Trinajstić information content (AvgIpc) is 3.08. The molecule has 0 radical (unpaired) electrons. The molecule has 0 spiro atoms. The summed E-state index contributed by atoms with van der Waals surface area (Å²) in [6.45, 7) is 1.97. The van der Waals surface area contributed by atoms with Gasteiger partial charge in [0.05, 0.1) is 5.56 Å². The largest absolute Gasteiger partial charge is 0.454 e. The van der Waals surface area contributed by atoms with E-state index in [2.05, 4.69) is 5.32 Å². The molecule has 0 unspecified atom stereocenters. The Bertz CT molecular complexity index is 819. The number of anilines is 1. The molecule has 0 bridgehead atoms. The molecule has 0 atom stereocenters. The molecule has 3 rings (SSSR count). The number of benzene rings is 2. The van der Waals surface area contributed by atoms with Crippen LogP contribution in [0, 0.1) is 6.92 Å². The van der Waals surface area contributed by atoms with E-state index in [4.69, 9.17) is 19.9 Å². The van der Waals surface area contributed by atoms with Crippen molar-refractivity contribution in [3.8, 4) is 11.5 Å². The van der Waals surface area contributed by atoms with Crippen LogP contribution in [0.4, 0.5) is 5.69 Å². The molecule has 1 aliphatic heterocycles. The van der Waals surface area contributed by atoms with Crippen LogP contribution in [0.25, 0.3) is 0 Å². The highest BCUT2D eigenvalue weighted by molar-refractivity contribution is 5.92. The molecule has 130 valence electrons. The SMILES string of the molecule is Cc1ccc(C(=O)OCC(=O)NCc2ccc3c(c2)OCO3)cc1N. The number of carbonyl (C=O) groups is 2. The minimum Gasteiger partial charge on any atom is -0.454 e. The molecule has 0 aromatic heterocycles. The van der Waals surface area contributed by atoms with E-state index in [1.165, 1.54) is 6.07 Å². The van der Waals surface area contributed by atoms with E-state index in [9.17, 15) is 9.59 Å². The van der Waals surface area contributed by atoms with Crippen LogP contribution in [0.1, 0.15) is 21.5 Å². The number of hydrogen-bond acceptors (Lipinski definition) is 6. The summed E-state index contributed by atoms with van der Waals surface area (Å²) in [6, 6.07) is 10.3. The summed E-state index contributed by atoms with van der Waals surface area (Å²) >= 11 is 0. The molecule has 3 N–H and O–H groups in total. The highest BCUT2D eigenvalue weighted by Gasteiger charge is 2.14. The third-order valence-electron chi connectivity index (χ3n) is 3.78. The van der Waals surface area contributed by atoms with E-state index < -0.39 is 11.9 Å². The number of carbonyl (C=O) groups excluding carboxylic acids is 2. The lowest BCUT2D eigenvalue weighted by atomic mass is 10.1. The highest BCUT2D eigenvalue weighted by Crippen LogP contribution is 2.32. The van der Waals surface area contributed by atoms with Crippen molar-refractivity contribution in [1.82, 2.24) is 5.32 Å². The maximum Gasteiger partial charge on any atom is 0.338 e. The zero-order valence-corrected chi connectivity index (χ0v) is 13.7. The standard InChI is InChI=1S/C18H18N2O5/c1-11-2-4-13(7-14(11)19)18(22)23-9-17(21)20-8-12-3-5-15-16(6-12)25-10-24-15/h2-7H,8-10,19H2,1H3,(H,20,21). The predicted octanol–water partition coefficient (Wildman–Crippen LogP) is 1.78. The third kappa shape index (κ3) is 4.00. The quantitative estimate of drug-likeness (QED) is 0.635. The van der Waals surface area contributed by atoms with Crippen LogP contribution in [0.3, 0.4) is 0 Å². The Morgan fingerprint density at radius 1 is 1.16 bits per heavy atom. The lowest BCUT2D eigenvalue weighted by molar-refractivity contribution is -0.124. The fourth-order valence-corrected chi connectivity index (χ4v) is 2.28. The fourth-order valence-electron chi connectivity index (χ4n) is 2.28. The smallest absolute Gasteiger partial charge is 0.338 e. The minimum absolute atomic E-state index is 0.199. The first kappa shape index (κ1) is 16.6. The first-order chi connectivity index (χ1) is 12.0. The van der Waals surface area contributed by atoms with Gasteiger partial charge >= 0.3 is 5.97 Å². The number of nitrogens with one attached hydrogen (secondary N) is 1. The third-order valence-corrected chi connectivity index (χ3v) is 3.78. The van der Waals surface area contributed by atoms with Crippen LogP contribution in [0.2, 0.25) is 0 Å². The van der Waals surface area contributed by atoms with Crippen molar-refractivity contribution in [1.29, 1.82) is 0 Å². The van der Waals surface area contributed by atoms with Crippen LogP contribution in [-0.4, -0.2) is 25.3 Å². The molecule has 2 aromatic carbocycles. The van der Waals surface area contributed by atoms with E-state index in [0.717, 1.165) is 11.1 Å². The zero-order chi connectivity index (χ0) is 17.8. The zero-order valence-electron chi connectivity index (χ0n) is 13.7. The van der Waals surface area contributed by atoms with E-state index in [1.54, 1.807) is 24.3 Å². The number of nitrogen functional groups attached to an aromatic ring is 1. The van der Waals surface area contributed by atoms with E-state index in [1.807, 2.05) is 13.0 Å². The second-order valence-electron chi connectivity index (χ2n) is 5.61. The first-order valence-corrected chi connectivity index (χ1v) is 7.71. The predicted molar refractivity (Wildman–Crippen MR) is 90.3 cm³/mol. The maximum atomic E-state index is 11.9. The summed E-state index contributed by atoms with van der Waals surface area (Å²) in [4.78, 5) is 23.8. The van der Waals surface area contributed by atoms with Gasteiger partial charge in [0.25, 0.3) is 5.91 Å². The van der Waals surface area contributed by atoms with Crippen LogP contribution in [-0.2, 0) is 16.1 Å². The number of amides is 1. The summed E-state index contributed by atoms with van der Waals surface area (Å²) in [7, 11) is 0. The Morgan fingerprint density at radius 3 is 2.76 bits per heavy atom. The summed E-state index contributed by atoms with van der Waals surface area (Å²) in [5, 5.41) is 2.68. The molecule has 7 nitrogen and oxygen atoms in total. The highest BCUT2D eigenvalue weighted by atomic mass is 16.7. The van der Waals surface area contributed by atoms with Gasteiger partial charge in [-0.2, -0.15) is 0 Å². The summed E-state index contributed by atoms with van der Waals surface area (Å²) in [6.07, 6.45) is 0. The van der Waals surface area contributed by atoms with Crippen LogP contribution < -0.4 is 20.5 Å². The molecule has 1 amide bonds. The number of esters is 1. The van der Waals surface area contributed by atoms with Crippen LogP contribution >= 0.6 is 0 Å². The average molecular weight is 342 g/mol. The van der Waals surface area contributed by atoms with Crippen molar-refractivity contribution in [2.75, 3.05) is 19.1 Å². The molecule has 25 heavy (non-hydrogen) atoms. The number of nitrogens with two attached hydrogens (primary N) is 1. The van der Waals surface area contributed by atoms with Crippen molar-refractivity contribution in [3.05, 3.63) is 53.1 Å². The van der Waals surface area contributed by atoms with Gasteiger partial charge in [-0.3, -0.25) is 4.79 Å². The number of fused-ring (bicyclic) bond motifs is 1. The number of hydrogen-bond donors (Lipinski definition) is 2. The van der Waals surface area contributed by atoms with Gasteiger partial charge in [0.2, 0.25) is 6.79 Å². The normalized spacial score (nSPS) is 11.9. The molecule has 1 heterocycles.